The third-order valence-corrected chi connectivity index (χ3v) is 3.86. The summed E-state index contributed by atoms with van der Waals surface area (Å²) in [5.74, 6) is 0.0550. The quantitative estimate of drug-likeness (QED) is 0.660. The molecular formula is C18H14ClNO. The van der Waals surface area contributed by atoms with Crippen molar-refractivity contribution in [3.63, 3.8) is 0 Å². The Kier molecular flexibility index (Phi) is 3.72. The molecule has 0 saturated heterocycles. The number of nitrogens with zero attached hydrogens (tertiary/aromatic N) is 1. The smallest absolute Gasteiger partial charge is 0.168 e. The summed E-state index contributed by atoms with van der Waals surface area (Å²) in [7, 11) is 0. The summed E-state index contributed by atoms with van der Waals surface area (Å²) in [6.45, 7) is 1.98. The highest BCUT2D eigenvalue weighted by molar-refractivity contribution is 6.31. The number of ketones is 1. The SMILES string of the molecule is Cc1ccc(CC(=O)c2ccnc3ccccc23)c(Cl)c1. The summed E-state index contributed by atoms with van der Waals surface area (Å²) in [6.07, 6.45) is 1.97. The van der Waals surface area contributed by atoms with E-state index >= 15 is 0 Å². The molecule has 0 aliphatic heterocycles. The molecule has 1 heterocycles. The maximum atomic E-state index is 12.6. The van der Waals surface area contributed by atoms with Crippen LogP contribution in [-0.4, -0.2) is 10.8 Å². The first kappa shape index (κ1) is 13.8. The molecule has 0 radical (unpaired) electrons. The van der Waals surface area contributed by atoms with E-state index < -0.39 is 0 Å². The largest absolute Gasteiger partial charge is 0.294 e. The van der Waals surface area contributed by atoms with Gasteiger partial charge in [-0.2, -0.15) is 0 Å². The van der Waals surface area contributed by atoms with Gasteiger partial charge in [0.15, 0.2) is 5.78 Å². The van der Waals surface area contributed by atoms with Crippen molar-refractivity contribution in [2.75, 3.05) is 0 Å². The molecular weight excluding hydrogens is 282 g/mol. The number of halogens is 1. The zero-order valence-electron chi connectivity index (χ0n) is 11.6. The second kappa shape index (κ2) is 5.66. The molecule has 21 heavy (non-hydrogen) atoms. The van der Waals surface area contributed by atoms with Crippen molar-refractivity contribution >= 4 is 28.3 Å². The topological polar surface area (TPSA) is 30.0 Å². The number of aromatic nitrogens is 1. The van der Waals surface area contributed by atoms with Crippen LogP contribution < -0.4 is 0 Å². The number of rotatable bonds is 3. The maximum absolute atomic E-state index is 12.6. The van der Waals surface area contributed by atoms with Crippen molar-refractivity contribution in [1.82, 2.24) is 4.98 Å². The van der Waals surface area contributed by atoms with Crippen molar-refractivity contribution in [3.8, 4) is 0 Å². The molecule has 0 saturated carbocycles. The summed E-state index contributed by atoms with van der Waals surface area (Å²) >= 11 is 6.21. The van der Waals surface area contributed by atoms with Crippen molar-refractivity contribution in [1.29, 1.82) is 0 Å². The van der Waals surface area contributed by atoms with Gasteiger partial charge in [0.1, 0.15) is 0 Å². The maximum Gasteiger partial charge on any atom is 0.168 e. The van der Waals surface area contributed by atoms with Gasteiger partial charge in [0.05, 0.1) is 5.52 Å². The molecule has 0 bridgehead atoms. The van der Waals surface area contributed by atoms with Gasteiger partial charge in [0, 0.05) is 28.6 Å². The number of para-hydroxylation sites is 1. The van der Waals surface area contributed by atoms with Crippen LogP contribution in [0.3, 0.4) is 0 Å². The van der Waals surface area contributed by atoms with Crippen LogP contribution in [0.1, 0.15) is 21.5 Å². The highest BCUT2D eigenvalue weighted by Crippen LogP contribution is 2.22. The molecule has 3 aromatic rings. The first-order valence-corrected chi connectivity index (χ1v) is 7.15. The monoisotopic (exact) mass is 295 g/mol. The summed E-state index contributed by atoms with van der Waals surface area (Å²) in [5, 5.41) is 1.52. The number of carbonyl (C=O) groups is 1. The molecule has 0 aliphatic carbocycles. The predicted octanol–water partition coefficient (Wildman–Crippen LogP) is 4.62. The lowest BCUT2D eigenvalue weighted by Crippen LogP contribution is -2.05. The lowest BCUT2D eigenvalue weighted by atomic mass is 9.99. The summed E-state index contributed by atoms with van der Waals surface area (Å²) in [4.78, 5) is 16.9. The van der Waals surface area contributed by atoms with Gasteiger partial charge in [-0.1, -0.05) is 41.9 Å². The van der Waals surface area contributed by atoms with E-state index in [-0.39, 0.29) is 5.78 Å². The Hall–Kier alpha value is -2.19. The van der Waals surface area contributed by atoms with Crippen LogP contribution in [0.4, 0.5) is 0 Å². The van der Waals surface area contributed by atoms with E-state index in [2.05, 4.69) is 4.98 Å². The van der Waals surface area contributed by atoms with E-state index in [0.717, 1.165) is 22.0 Å². The second-order valence-corrected chi connectivity index (χ2v) is 5.48. The second-order valence-electron chi connectivity index (χ2n) is 5.07. The Morgan fingerprint density at radius 2 is 1.95 bits per heavy atom. The van der Waals surface area contributed by atoms with Gasteiger partial charge in [0.2, 0.25) is 0 Å². The lowest BCUT2D eigenvalue weighted by molar-refractivity contribution is 0.0994. The Morgan fingerprint density at radius 1 is 1.14 bits per heavy atom. The van der Waals surface area contributed by atoms with Gasteiger partial charge in [-0.05, 0) is 36.2 Å². The van der Waals surface area contributed by atoms with Crippen LogP contribution in [0, 0.1) is 6.92 Å². The van der Waals surface area contributed by atoms with Crippen molar-refractivity contribution < 1.29 is 4.79 Å². The van der Waals surface area contributed by atoms with Crippen LogP contribution in [0.2, 0.25) is 5.02 Å². The van der Waals surface area contributed by atoms with Gasteiger partial charge in [-0.15, -0.1) is 0 Å². The molecule has 0 N–H and O–H groups in total. The summed E-state index contributed by atoms with van der Waals surface area (Å²) < 4.78 is 0. The number of aryl methyl sites for hydroxylation is 1. The molecule has 0 aliphatic rings. The van der Waals surface area contributed by atoms with E-state index in [0.29, 0.717) is 17.0 Å². The van der Waals surface area contributed by atoms with Crippen LogP contribution in [0.25, 0.3) is 10.9 Å². The molecule has 1 aromatic heterocycles. The Morgan fingerprint density at radius 3 is 2.76 bits per heavy atom. The number of benzene rings is 2. The standard InChI is InChI=1S/C18H14ClNO/c1-12-6-7-13(16(19)10-12)11-18(21)15-8-9-20-17-5-3-2-4-14(15)17/h2-10H,11H2,1H3. The number of pyridine rings is 1. The Bertz CT molecular complexity index is 821. The number of fused-ring (bicyclic) bond motifs is 1. The molecule has 0 unspecified atom stereocenters. The summed E-state index contributed by atoms with van der Waals surface area (Å²) in [5.41, 5.74) is 3.47. The predicted molar refractivity (Wildman–Crippen MR) is 86.0 cm³/mol. The Labute approximate surface area is 128 Å². The minimum absolute atomic E-state index is 0.0550. The molecule has 3 heteroatoms. The Balaban J connectivity index is 1.97. The number of hydrogen-bond acceptors (Lipinski definition) is 2. The molecule has 0 fully saturated rings. The highest BCUT2D eigenvalue weighted by atomic mass is 35.5. The third-order valence-electron chi connectivity index (χ3n) is 3.51. The van der Waals surface area contributed by atoms with Crippen molar-refractivity contribution in [3.05, 3.63) is 76.4 Å². The fraction of sp³-hybridized carbons (Fsp3) is 0.111. The van der Waals surface area contributed by atoms with Crippen LogP contribution >= 0.6 is 11.6 Å². The van der Waals surface area contributed by atoms with Gasteiger partial charge in [-0.3, -0.25) is 9.78 Å². The number of Topliss-reactive ketones (excluding diaryl/α,β-unsaturated/α-hetero) is 1. The minimum atomic E-state index is 0.0550. The van der Waals surface area contributed by atoms with E-state index in [1.165, 1.54) is 0 Å². The van der Waals surface area contributed by atoms with E-state index in [9.17, 15) is 4.79 Å². The first-order chi connectivity index (χ1) is 10.1. The number of hydrogen-bond donors (Lipinski definition) is 0. The van der Waals surface area contributed by atoms with Gasteiger partial charge in [0.25, 0.3) is 0 Å². The fourth-order valence-electron chi connectivity index (χ4n) is 2.40. The average Bonchev–Trinajstić information content (AvgIpc) is 2.49. The van der Waals surface area contributed by atoms with Crippen LogP contribution in [0.15, 0.2) is 54.7 Å². The molecule has 0 spiro atoms. The van der Waals surface area contributed by atoms with Gasteiger partial charge in [-0.25, -0.2) is 0 Å². The third kappa shape index (κ3) is 2.81. The fourth-order valence-corrected chi connectivity index (χ4v) is 2.70. The van der Waals surface area contributed by atoms with E-state index in [1.54, 1.807) is 12.3 Å². The van der Waals surface area contributed by atoms with Gasteiger partial charge >= 0.3 is 0 Å². The highest BCUT2D eigenvalue weighted by Gasteiger charge is 2.13. The molecule has 0 amide bonds. The van der Waals surface area contributed by atoms with Crippen LogP contribution in [0.5, 0.6) is 0 Å². The zero-order chi connectivity index (χ0) is 14.8. The zero-order valence-corrected chi connectivity index (χ0v) is 12.4. The normalized spacial score (nSPS) is 10.8. The van der Waals surface area contributed by atoms with Crippen LogP contribution in [-0.2, 0) is 6.42 Å². The van der Waals surface area contributed by atoms with E-state index in [1.807, 2.05) is 49.4 Å². The van der Waals surface area contributed by atoms with Gasteiger partial charge < -0.3 is 0 Å². The van der Waals surface area contributed by atoms with Crippen molar-refractivity contribution in [2.45, 2.75) is 13.3 Å². The van der Waals surface area contributed by atoms with Crippen molar-refractivity contribution in [2.24, 2.45) is 0 Å². The summed E-state index contributed by atoms with van der Waals surface area (Å²) in [6, 6.07) is 15.2. The molecule has 104 valence electrons. The molecule has 2 nitrogen and oxygen atoms in total. The first-order valence-electron chi connectivity index (χ1n) is 6.77. The molecule has 0 atom stereocenters. The molecule has 3 rings (SSSR count). The average molecular weight is 296 g/mol. The number of carbonyl (C=O) groups excluding carboxylic acids is 1. The van der Waals surface area contributed by atoms with E-state index in [4.69, 9.17) is 11.6 Å². The lowest BCUT2D eigenvalue weighted by Gasteiger charge is -2.07. The minimum Gasteiger partial charge on any atom is -0.294 e. The molecule has 2 aromatic carbocycles.